The predicted molar refractivity (Wildman–Crippen MR) is 123 cm³/mol. The van der Waals surface area contributed by atoms with Crippen LogP contribution < -0.4 is 15.1 Å². The fraction of sp³-hybridized carbons (Fsp3) is 0.400. The Kier molecular flexibility index (Phi) is 6.44. The molecule has 1 heterocycles. The quantitative estimate of drug-likeness (QED) is 0.586. The predicted octanol–water partition coefficient (Wildman–Crippen LogP) is 5.49. The molecular formula is C25H27F2N3O3. The zero-order chi connectivity index (χ0) is 23.6. The third-order valence-corrected chi connectivity index (χ3v) is 5.97. The van der Waals surface area contributed by atoms with Crippen molar-refractivity contribution in [2.75, 3.05) is 10.3 Å². The van der Waals surface area contributed by atoms with E-state index in [1.165, 1.54) is 48.5 Å². The lowest BCUT2D eigenvalue weighted by Gasteiger charge is -2.23. The Morgan fingerprint density at radius 3 is 2.48 bits per heavy atom. The van der Waals surface area contributed by atoms with Gasteiger partial charge in [0, 0.05) is 18.2 Å². The van der Waals surface area contributed by atoms with Crippen LogP contribution in [0, 0.1) is 5.92 Å². The number of anilines is 2. The standard InChI is InChI=1S/C25H27F2N3O3/c1-16-22(23(31)28-18-8-6-7-17(15-18)25(2,26)27)24(32)30(29-16)19-11-13-21(14-12-19)33-20-9-4-3-5-10-20/h6-8,11-15,20,22H,3-5,9-10H2,1-2H3,(H,28,31). The van der Waals surface area contributed by atoms with E-state index in [-0.39, 0.29) is 17.4 Å². The highest BCUT2D eigenvalue weighted by Gasteiger charge is 2.40. The van der Waals surface area contributed by atoms with E-state index in [2.05, 4.69) is 10.4 Å². The summed E-state index contributed by atoms with van der Waals surface area (Å²) in [5, 5.41) is 8.02. The minimum Gasteiger partial charge on any atom is -0.490 e. The summed E-state index contributed by atoms with van der Waals surface area (Å²) in [5.74, 6) is -4.54. The Bertz CT molecular complexity index is 1060. The summed E-state index contributed by atoms with van der Waals surface area (Å²) in [6, 6.07) is 12.5. The molecule has 0 spiro atoms. The van der Waals surface area contributed by atoms with Crippen LogP contribution in [-0.2, 0) is 15.5 Å². The van der Waals surface area contributed by atoms with E-state index in [0.717, 1.165) is 25.5 Å². The molecule has 2 aliphatic rings. The molecule has 2 aromatic carbocycles. The van der Waals surface area contributed by atoms with Gasteiger partial charge in [0.05, 0.1) is 17.5 Å². The van der Waals surface area contributed by atoms with Gasteiger partial charge in [0.25, 0.3) is 11.8 Å². The van der Waals surface area contributed by atoms with E-state index >= 15 is 0 Å². The monoisotopic (exact) mass is 455 g/mol. The average molecular weight is 456 g/mol. The first-order valence-corrected chi connectivity index (χ1v) is 11.2. The Hall–Kier alpha value is -3.29. The summed E-state index contributed by atoms with van der Waals surface area (Å²) >= 11 is 0. The van der Waals surface area contributed by atoms with Crippen molar-refractivity contribution < 1.29 is 23.1 Å². The molecule has 1 aliphatic heterocycles. The maximum absolute atomic E-state index is 13.6. The molecule has 0 saturated heterocycles. The van der Waals surface area contributed by atoms with Crippen LogP contribution >= 0.6 is 0 Å². The Morgan fingerprint density at radius 2 is 1.82 bits per heavy atom. The number of hydrazone groups is 1. The smallest absolute Gasteiger partial charge is 0.270 e. The second-order valence-corrected chi connectivity index (χ2v) is 8.65. The van der Waals surface area contributed by atoms with Crippen molar-refractivity contribution in [3.8, 4) is 5.75 Å². The van der Waals surface area contributed by atoms with Crippen LogP contribution in [-0.4, -0.2) is 23.6 Å². The SMILES string of the molecule is CC1=NN(c2ccc(OC3CCCCC3)cc2)C(=O)C1C(=O)Nc1cccc(C(C)(F)F)c1. The number of rotatable bonds is 6. The maximum atomic E-state index is 13.6. The highest BCUT2D eigenvalue weighted by molar-refractivity contribution is 6.28. The molecule has 2 amide bonds. The lowest BCUT2D eigenvalue weighted by Crippen LogP contribution is -2.36. The van der Waals surface area contributed by atoms with E-state index in [1.807, 2.05) is 0 Å². The number of carbonyl (C=O) groups is 2. The number of nitrogens with one attached hydrogen (secondary N) is 1. The number of carbonyl (C=O) groups excluding carboxylic acids is 2. The Balaban J connectivity index is 1.43. The van der Waals surface area contributed by atoms with Crippen LogP contribution in [0.4, 0.5) is 20.2 Å². The molecule has 33 heavy (non-hydrogen) atoms. The first-order chi connectivity index (χ1) is 15.7. The molecule has 0 aromatic heterocycles. The van der Waals surface area contributed by atoms with Gasteiger partial charge >= 0.3 is 0 Å². The van der Waals surface area contributed by atoms with E-state index in [0.29, 0.717) is 11.4 Å². The average Bonchev–Trinajstić information content (AvgIpc) is 3.08. The van der Waals surface area contributed by atoms with Crippen LogP contribution in [0.2, 0.25) is 0 Å². The highest BCUT2D eigenvalue weighted by Crippen LogP contribution is 2.31. The number of benzene rings is 2. The van der Waals surface area contributed by atoms with Crippen LogP contribution in [0.5, 0.6) is 5.75 Å². The number of nitrogens with zero attached hydrogens (tertiary/aromatic N) is 2. The maximum Gasteiger partial charge on any atom is 0.270 e. The van der Waals surface area contributed by atoms with Crippen LogP contribution in [0.3, 0.4) is 0 Å². The third-order valence-electron chi connectivity index (χ3n) is 5.97. The number of hydrogen-bond donors (Lipinski definition) is 1. The number of amides is 2. The Labute approximate surface area is 191 Å². The fourth-order valence-corrected chi connectivity index (χ4v) is 4.18. The van der Waals surface area contributed by atoms with Crippen molar-refractivity contribution in [2.24, 2.45) is 11.0 Å². The normalized spacial score (nSPS) is 19.4. The Morgan fingerprint density at radius 1 is 1.12 bits per heavy atom. The molecule has 2 aromatic rings. The first kappa shape index (κ1) is 22.9. The van der Waals surface area contributed by atoms with Crippen LogP contribution in [0.25, 0.3) is 0 Å². The van der Waals surface area contributed by atoms with Crippen LogP contribution in [0.1, 0.15) is 51.5 Å². The number of ether oxygens (including phenoxy) is 1. The van der Waals surface area contributed by atoms with Crippen molar-refractivity contribution >= 4 is 28.9 Å². The molecule has 1 fully saturated rings. The molecule has 174 valence electrons. The van der Waals surface area contributed by atoms with E-state index in [4.69, 9.17) is 4.74 Å². The number of halogens is 2. The molecule has 6 nitrogen and oxygen atoms in total. The lowest BCUT2D eigenvalue weighted by atomic mass is 9.98. The van der Waals surface area contributed by atoms with Gasteiger partial charge in [0.2, 0.25) is 5.91 Å². The number of hydrogen-bond acceptors (Lipinski definition) is 4. The molecule has 1 aliphatic carbocycles. The summed E-state index contributed by atoms with van der Waals surface area (Å²) in [4.78, 5) is 25.8. The van der Waals surface area contributed by atoms with E-state index < -0.39 is 23.7 Å². The van der Waals surface area contributed by atoms with Crippen LogP contribution in [0.15, 0.2) is 53.6 Å². The molecule has 4 rings (SSSR count). The summed E-state index contributed by atoms with van der Waals surface area (Å²) in [7, 11) is 0. The lowest BCUT2D eigenvalue weighted by molar-refractivity contribution is -0.127. The van der Waals surface area contributed by atoms with Crippen molar-refractivity contribution in [1.29, 1.82) is 0 Å². The molecule has 1 N–H and O–H groups in total. The zero-order valence-corrected chi connectivity index (χ0v) is 18.7. The van der Waals surface area contributed by atoms with Gasteiger partial charge in [-0.1, -0.05) is 18.6 Å². The topological polar surface area (TPSA) is 71.0 Å². The van der Waals surface area contributed by atoms with Gasteiger partial charge in [0.1, 0.15) is 5.75 Å². The van der Waals surface area contributed by atoms with Crippen molar-refractivity contribution in [3.05, 3.63) is 54.1 Å². The van der Waals surface area contributed by atoms with E-state index in [1.54, 1.807) is 31.2 Å². The fourth-order valence-electron chi connectivity index (χ4n) is 4.18. The molecule has 8 heteroatoms. The van der Waals surface area contributed by atoms with Gasteiger partial charge in [-0.25, -0.2) is 8.78 Å². The number of alkyl halides is 2. The molecule has 1 saturated carbocycles. The van der Waals surface area contributed by atoms with Gasteiger partial charge < -0.3 is 10.1 Å². The summed E-state index contributed by atoms with van der Waals surface area (Å²) in [5.41, 5.74) is 0.832. The van der Waals surface area contributed by atoms with Gasteiger partial charge in [-0.2, -0.15) is 10.1 Å². The minimum atomic E-state index is -3.04. The van der Waals surface area contributed by atoms with E-state index in [9.17, 15) is 18.4 Å². The van der Waals surface area contributed by atoms with Gasteiger partial charge in [-0.3, -0.25) is 9.59 Å². The van der Waals surface area contributed by atoms with Gasteiger partial charge in [-0.05, 0) is 69.0 Å². The molecule has 1 atom stereocenters. The molecule has 1 unspecified atom stereocenters. The molecular weight excluding hydrogens is 428 g/mol. The van der Waals surface area contributed by atoms with Gasteiger partial charge in [0.15, 0.2) is 5.92 Å². The first-order valence-electron chi connectivity index (χ1n) is 11.2. The highest BCUT2D eigenvalue weighted by atomic mass is 19.3. The second kappa shape index (κ2) is 9.29. The minimum absolute atomic E-state index is 0.197. The summed E-state index contributed by atoms with van der Waals surface area (Å²) in [6.07, 6.45) is 5.91. The molecule has 0 bridgehead atoms. The zero-order valence-electron chi connectivity index (χ0n) is 18.7. The summed E-state index contributed by atoms with van der Waals surface area (Å²) in [6.45, 7) is 2.38. The second-order valence-electron chi connectivity index (χ2n) is 8.65. The third kappa shape index (κ3) is 5.21. The van der Waals surface area contributed by atoms with Crippen molar-refractivity contribution in [2.45, 2.75) is 58.0 Å². The largest absolute Gasteiger partial charge is 0.490 e. The van der Waals surface area contributed by atoms with Crippen molar-refractivity contribution in [3.63, 3.8) is 0 Å². The van der Waals surface area contributed by atoms with Gasteiger partial charge in [-0.15, -0.1) is 0 Å². The van der Waals surface area contributed by atoms with Crippen molar-refractivity contribution in [1.82, 2.24) is 0 Å². The molecule has 0 radical (unpaired) electrons. The summed E-state index contributed by atoms with van der Waals surface area (Å²) < 4.78 is 33.2.